The van der Waals surface area contributed by atoms with Gasteiger partial charge in [0.2, 0.25) is 0 Å². The number of hydrogen-bond donors (Lipinski definition) is 9. The Morgan fingerprint density at radius 3 is 1.52 bits per heavy atom. The normalized spacial score (nSPS) is 17.2. The predicted octanol–water partition coefficient (Wildman–Crippen LogP) is -4.35. The van der Waals surface area contributed by atoms with Crippen molar-refractivity contribution in [2.75, 3.05) is 6.61 Å². The summed E-state index contributed by atoms with van der Waals surface area (Å²) >= 11 is 0. The van der Waals surface area contributed by atoms with E-state index in [2.05, 4.69) is 0 Å². The van der Waals surface area contributed by atoms with E-state index < -0.39 is 44.9 Å². The number of aliphatic hydroxyl groups excluding tert-OH is 6. The second-order valence-corrected chi connectivity index (χ2v) is 5.18. The van der Waals surface area contributed by atoms with Gasteiger partial charge >= 0.3 is 7.82 Å². The third kappa shape index (κ3) is 21.2. The Morgan fingerprint density at radius 2 is 1.35 bits per heavy atom. The van der Waals surface area contributed by atoms with Crippen LogP contribution in [0, 0.1) is 0 Å². The van der Waals surface area contributed by atoms with E-state index in [4.69, 9.17) is 49.9 Å². The van der Waals surface area contributed by atoms with Crippen LogP contribution in [0.25, 0.3) is 0 Å². The van der Waals surface area contributed by atoms with Crippen LogP contribution in [0.2, 0.25) is 0 Å². The van der Waals surface area contributed by atoms with E-state index in [1.54, 1.807) is 0 Å². The quantitative estimate of drug-likeness (QED) is 0.160. The fourth-order valence-electron chi connectivity index (χ4n) is 0.618. The summed E-state index contributed by atoms with van der Waals surface area (Å²) in [6.07, 6.45) is -7.63. The maximum absolute atomic E-state index is 9.90. The van der Waals surface area contributed by atoms with Crippen LogP contribution in [0.5, 0.6) is 0 Å². The summed E-state index contributed by atoms with van der Waals surface area (Å²) in [5.74, 6) is -0.185. The minimum Gasteiger partial charge on any atom is -0.394 e. The van der Waals surface area contributed by atoms with Gasteiger partial charge in [-0.15, -0.1) is 0 Å². The van der Waals surface area contributed by atoms with Crippen molar-refractivity contribution in [3.05, 3.63) is 0 Å². The predicted molar refractivity (Wildman–Crippen MR) is 73.8 cm³/mol. The topological polar surface area (TPSA) is 233 Å². The molecule has 5 atom stereocenters. The first-order chi connectivity index (χ1) is 10.2. The molecule has 0 aromatic heterocycles. The Morgan fingerprint density at radius 1 is 1.04 bits per heavy atom. The Kier molecular flexibility index (Phi) is 16.0. The Balaban J connectivity index is -0.000000303. The number of aldehydes is 1. The molecule has 0 saturated carbocycles. The fourth-order valence-corrected chi connectivity index (χ4v) is 0.618. The van der Waals surface area contributed by atoms with E-state index in [-0.39, 0.29) is 12.1 Å². The van der Waals surface area contributed by atoms with Gasteiger partial charge in [-0.05, 0) is 13.8 Å². The standard InChI is InChI=1S/C6H12O6.C4H8O2.H3O4P/c7-1-3(9)5(11)6(12)4(10)2-8;1-3(5)4(2)6;1-5(2,3)4/h1,3-6,8-12H,2H2;3,5H,1-2H3;(H3,1,2,3,4)/t3-,4+,5+,6+;;/m0../s1. The summed E-state index contributed by atoms with van der Waals surface area (Å²) in [5, 5.41) is 51.8. The molecule has 1 unspecified atom stereocenters. The average Bonchev–Trinajstić information content (AvgIpc) is 2.42. The molecule has 0 aliphatic rings. The van der Waals surface area contributed by atoms with E-state index in [9.17, 15) is 9.59 Å². The molecule has 0 aromatic rings. The van der Waals surface area contributed by atoms with Crippen molar-refractivity contribution in [1.29, 1.82) is 0 Å². The summed E-state index contributed by atoms with van der Waals surface area (Å²) in [6.45, 7) is 2.04. The van der Waals surface area contributed by atoms with Crippen LogP contribution >= 0.6 is 7.82 Å². The van der Waals surface area contributed by atoms with Gasteiger partial charge in [0, 0.05) is 0 Å². The number of hydrogen-bond acceptors (Lipinski definition) is 9. The van der Waals surface area contributed by atoms with Crippen LogP contribution in [0.1, 0.15) is 13.8 Å². The van der Waals surface area contributed by atoms with Gasteiger partial charge < -0.3 is 50.1 Å². The number of carbonyl (C=O) groups excluding carboxylic acids is 2. The zero-order valence-corrected chi connectivity index (χ0v) is 13.3. The minimum atomic E-state index is -4.64. The van der Waals surface area contributed by atoms with Gasteiger partial charge in [-0.25, -0.2) is 4.57 Å². The molecule has 0 saturated heterocycles. The molecule has 12 nitrogen and oxygen atoms in total. The zero-order chi connectivity index (χ0) is 19.4. The number of aliphatic hydroxyl groups is 6. The highest BCUT2D eigenvalue weighted by Gasteiger charge is 2.29. The molecule has 0 aromatic carbocycles. The molecular weight excluding hydrogens is 343 g/mol. The van der Waals surface area contributed by atoms with Gasteiger partial charge in [-0.1, -0.05) is 0 Å². The lowest BCUT2D eigenvalue weighted by Gasteiger charge is -2.22. The zero-order valence-electron chi connectivity index (χ0n) is 12.4. The van der Waals surface area contributed by atoms with Gasteiger partial charge in [0.05, 0.1) is 6.61 Å². The van der Waals surface area contributed by atoms with Crippen molar-refractivity contribution in [3.63, 3.8) is 0 Å². The van der Waals surface area contributed by atoms with Crippen molar-refractivity contribution < 1.29 is 59.5 Å². The highest BCUT2D eigenvalue weighted by Crippen LogP contribution is 2.25. The third-order valence-electron chi connectivity index (χ3n) is 2.01. The SMILES string of the molecule is CC(=O)C(C)O.O=C[C@H](O)[C@@H](O)[C@H](O)[C@H](O)CO.O=P(O)(O)O. The number of rotatable bonds is 6. The van der Waals surface area contributed by atoms with Crippen LogP contribution in [0.4, 0.5) is 0 Å². The fraction of sp³-hybridized carbons (Fsp3) is 0.800. The van der Waals surface area contributed by atoms with Crippen LogP contribution in [-0.4, -0.2) is 94.5 Å². The number of carbonyl (C=O) groups is 2. The molecule has 0 heterocycles. The lowest BCUT2D eigenvalue weighted by Crippen LogP contribution is -2.46. The maximum Gasteiger partial charge on any atom is 0.466 e. The number of ketones is 1. The smallest absolute Gasteiger partial charge is 0.394 e. The number of Topliss-reactive ketones (excluding diaryl/α,β-unsaturated/α-hetero) is 1. The lowest BCUT2D eigenvalue weighted by atomic mass is 10.0. The number of phosphoric acid groups is 1. The molecule has 0 amide bonds. The van der Waals surface area contributed by atoms with Crippen molar-refractivity contribution in [3.8, 4) is 0 Å². The third-order valence-corrected chi connectivity index (χ3v) is 2.01. The highest BCUT2D eigenvalue weighted by molar-refractivity contribution is 7.45. The van der Waals surface area contributed by atoms with E-state index in [1.807, 2.05) is 0 Å². The molecule has 23 heavy (non-hydrogen) atoms. The summed E-state index contributed by atoms with van der Waals surface area (Å²) in [4.78, 5) is 41.4. The molecular formula is C10H23O12P. The average molecular weight is 366 g/mol. The first kappa shape index (κ1) is 27.1. The van der Waals surface area contributed by atoms with Gasteiger partial charge in [0.25, 0.3) is 0 Å². The van der Waals surface area contributed by atoms with Crippen molar-refractivity contribution in [2.24, 2.45) is 0 Å². The molecule has 0 spiro atoms. The molecule has 9 N–H and O–H groups in total. The summed E-state index contributed by atoms with van der Waals surface area (Å²) in [5.41, 5.74) is 0. The van der Waals surface area contributed by atoms with Crippen LogP contribution in [-0.2, 0) is 14.2 Å². The van der Waals surface area contributed by atoms with Crippen molar-refractivity contribution in [2.45, 2.75) is 44.4 Å². The molecule has 0 fully saturated rings. The second-order valence-electron chi connectivity index (χ2n) is 4.16. The van der Waals surface area contributed by atoms with Gasteiger partial charge in [0.1, 0.15) is 30.5 Å². The van der Waals surface area contributed by atoms with Gasteiger partial charge in [0.15, 0.2) is 12.1 Å². The van der Waals surface area contributed by atoms with Crippen molar-refractivity contribution in [1.82, 2.24) is 0 Å². The molecule has 0 radical (unpaired) electrons. The minimum absolute atomic E-state index is 0.0258. The molecule has 140 valence electrons. The first-order valence-electron chi connectivity index (χ1n) is 5.94. The Bertz CT molecular complexity index is 359. The monoisotopic (exact) mass is 366 g/mol. The Hall–Kier alpha value is -0.790. The maximum atomic E-state index is 9.90. The molecule has 13 heteroatoms. The molecule has 0 rings (SSSR count). The molecule has 0 bridgehead atoms. The van der Waals surface area contributed by atoms with Gasteiger partial charge in [-0.3, -0.25) is 4.79 Å². The van der Waals surface area contributed by atoms with Gasteiger partial charge in [-0.2, -0.15) is 0 Å². The largest absolute Gasteiger partial charge is 0.466 e. The van der Waals surface area contributed by atoms with Crippen LogP contribution in [0.15, 0.2) is 0 Å². The van der Waals surface area contributed by atoms with E-state index in [1.165, 1.54) is 13.8 Å². The molecule has 0 aliphatic carbocycles. The summed E-state index contributed by atoms with van der Waals surface area (Å²) < 4.78 is 8.88. The first-order valence-corrected chi connectivity index (χ1v) is 7.50. The summed E-state index contributed by atoms with van der Waals surface area (Å²) in [7, 11) is -4.64. The Labute approximate surface area is 131 Å². The lowest BCUT2D eigenvalue weighted by molar-refractivity contribution is -0.136. The van der Waals surface area contributed by atoms with E-state index >= 15 is 0 Å². The highest BCUT2D eigenvalue weighted by atomic mass is 31.2. The van der Waals surface area contributed by atoms with Crippen LogP contribution < -0.4 is 0 Å². The van der Waals surface area contributed by atoms with E-state index in [0.717, 1.165) is 0 Å². The van der Waals surface area contributed by atoms with Crippen molar-refractivity contribution >= 4 is 19.9 Å². The molecule has 0 aliphatic heterocycles. The van der Waals surface area contributed by atoms with E-state index in [0.29, 0.717) is 0 Å². The summed E-state index contributed by atoms with van der Waals surface area (Å²) in [6, 6.07) is 0. The van der Waals surface area contributed by atoms with Crippen LogP contribution in [0.3, 0.4) is 0 Å². The second kappa shape index (κ2) is 13.6.